The van der Waals surface area contributed by atoms with Crippen LogP contribution in [0.15, 0.2) is 67.0 Å². The molecule has 0 unspecified atom stereocenters. The summed E-state index contributed by atoms with van der Waals surface area (Å²) in [6, 6.07) is 16.4. The molecule has 2 aliphatic rings. The smallest absolute Gasteiger partial charge is 0.340 e. The van der Waals surface area contributed by atoms with E-state index in [4.69, 9.17) is 9.47 Å². The van der Waals surface area contributed by atoms with Crippen molar-refractivity contribution in [3.8, 4) is 11.4 Å². The van der Waals surface area contributed by atoms with Gasteiger partial charge in [-0.3, -0.25) is 4.72 Å². The van der Waals surface area contributed by atoms with Crippen molar-refractivity contribution in [3.05, 3.63) is 72.6 Å². The number of carbonyl (C=O) groups is 1. The van der Waals surface area contributed by atoms with Gasteiger partial charge in [0.1, 0.15) is 11.9 Å². The Balaban J connectivity index is 1.26. The van der Waals surface area contributed by atoms with Crippen LogP contribution < -0.4 is 14.4 Å². The number of esters is 1. The molecule has 1 aliphatic heterocycles. The van der Waals surface area contributed by atoms with Gasteiger partial charge < -0.3 is 18.9 Å². The van der Waals surface area contributed by atoms with Gasteiger partial charge in [0.2, 0.25) is 10.0 Å². The van der Waals surface area contributed by atoms with Gasteiger partial charge >= 0.3 is 5.97 Å². The van der Waals surface area contributed by atoms with Gasteiger partial charge in [0, 0.05) is 18.1 Å². The molecule has 1 aliphatic carbocycles. The molecule has 0 bridgehead atoms. The van der Waals surface area contributed by atoms with Crippen LogP contribution in [0.25, 0.3) is 5.69 Å². The summed E-state index contributed by atoms with van der Waals surface area (Å²) in [7, 11) is -1.90. The van der Waals surface area contributed by atoms with Gasteiger partial charge in [-0.25, -0.2) is 13.2 Å². The SMILES string of the molecule is COC(=O)c1cccc(N2CC(Oc3ccc(NS(=O)(=O)C4CC4)cc3)C2)c1-n1cccc1. The minimum Gasteiger partial charge on any atom is -0.487 e. The van der Waals surface area contributed by atoms with E-state index < -0.39 is 10.0 Å². The summed E-state index contributed by atoms with van der Waals surface area (Å²) in [6.07, 6.45) is 5.24. The second-order valence-corrected chi connectivity index (χ2v) is 10.2. The first kappa shape index (κ1) is 21.4. The molecule has 172 valence electrons. The second kappa shape index (κ2) is 8.47. The minimum atomic E-state index is -3.27. The van der Waals surface area contributed by atoms with E-state index in [0.717, 1.165) is 24.2 Å². The van der Waals surface area contributed by atoms with E-state index in [1.54, 1.807) is 30.3 Å². The van der Waals surface area contributed by atoms with Crippen LogP contribution in [0.3, 0.4) is 0 Å². The molecule has 0 amide bonds. The first-order valence-corrected chi connectivity index (χ1v) is 12.4. The lowest BCUT2D eigenvalue weighted by Crippen LogP contribution is -2.54. The molecule has 3 aromatic rings. The summed E-state index contributed by atoms with van der Waals surface area (Å²) >= 11 is 0. The molecular formula is C24H25N3O5S. The molecule has 2 heterocycles. The summed E-state index contributed by atoms with van der Waals surface area (Å²) < 4.78 is 39.7. The number of nitrogens with zero attached hydrogens (tertiary/aromatic N) is 2. The molecule has 9 heteroatoms. The van der Waals surface area contributed by atoms with Crippen molar-refractivity contribution in [1.82, 2.24) is 4.57 Å². The van der Waals surface area contributed by atoms with Crippen molar-refractivity contribution in [2.75, 3.05) is 29.8 Å². The van der Waals surface area contributed by atoms with E-state index in [2.05, 4.69) is 9.62 Å². The van der Waals surface area contributed by atoms with Gasteiger partial charge in [0.25, 0.3) is 0 Å². The monoisotopic (exact) mass is 467 g/mol. The number of anilines is 2. The zero-order valence-electron chi connectivity index (χ0n) is 18.2. The van der Waals surface area contributed by atoms with Gasteiger partial charge in [0.05, 0.1) is 42.4 Å². The molecule has 0 atom stereocenters. The molecule has 0 radical (unpaired) electrons. The zero-order valence-corrected chi connectivity index (χ0v) is 19.0. The van der Waals surface area contributed by atoms with Crippen LogP contribution in [0.1, 0.15) is 23.2 Å². The standard InChI is InChI=1S/C24H25N3O5S/c1-31-24(28)21-5-4-6-22(23(21)26-13-2-3-14-26)27-15-19(16-27)32-18-9-7-17(8-10-18)25-33(29,30)20-11-12-20/h2-10,13-14,19-20,25H,11-12,15-16H2,1H3. The maximum atomic E-state index is 12.3. The number of carbonyl (C=O) groups excluding carboxylic acids is 1. The highest BCUT2D eigenvalue weighted by molar-refractivity contribution is 7.93. The molecular weight excluding hydrogens is 442 g/mol. The number of aromatic nitrogens is 1. The fourth-order valence-electron chi connectivity index (χ4n) is 3.95. The lowest BCUT2D eigenvalue weighted by molar-refractivity contribution is 0.0600. The van der Waals surface area contributed by atoms with E-state index in [0.29, 0.717) is 30.1 Å². The van der Waals surface area contributed by atoms with Gasteiger partial charge in [-0.05, 0) is 61.4 Å². The van der Waals surface area contributed by atoms with Crippen LogP contribution in [-0.2, 0) is 14.8 Å². The van der Waals surface area contributed by atoms with E-state index in [9.17, 15) is 13.2 Å². The molecule has 8 nitrogen and oxygen atoms in total. The molecule has 1 saturated carbocycles. The highest BCUT2D eigenvalue weighted by Crippen LogP contribution is 2.33. The van der Waals surface area contributed by atoms with Crippen molar-refractivity contribution in [1.29, 1.82) is 0 Å². The third-order valence-electron chi connectivity index (χ3n) is 5.85. The number of rotatable bonds is 8. The summed E-state index contributed by atoms with van der Waals surface area (Å²) in [4.78, 5) is 14.5. The Morgan fingerprint density at radius 3 is 2.33 bits per heavy atom. The van der Waals surface area contributed by atoms with Crippen molar-refractivity contribution < 1.29 is 22.7 Å². The van der Waals surface area contributed by atoms with Crippen LogP contribution in [0.2, 0.25) is 0 Å². The van der Waals surface area contributed by atoms with Crippen LogP contribution in [0.4, 0.5) is 11.4 Å². The van der Waals surface area contributed by atoms with Crippen molar-refractivity contribution in [3.63, 3.8) is 0 Å². The van der Waals surface area contributed by atoms with Gasteiger partial charge in [0.15, 0.2) is 0 Å². The summed E-state index contributed by atoms with van der Waals surface area (Å²) in [6.45, 7) is 1.32. The molecule has 1 saturated heterocycles. The van der Waals surface area contributed by atoms with Crippen LogP contribution in [0, 0.1) is 0 Å². The lowest BCUT2D eigenvalue weighted by atomic mass is 10.1. The number of hydrogen-bond donors (Lipinski definition) is 1. The van der Waals surface area contributed by atoms with Gasteiger partial charge in [-0.15, -0.1) is 0 Å². The van der Waals surface area contributed by atoms with E-state index in [-0.39, 0.29) is 17.3 Å². The first-order valence-electron chi connectivity index (χ1n) is 10.8. The zero-order chi connectivity index (χ0) is 23.0. The second-order valence-electron chi connectivity index (χ2n) is 8.27. The molecule has 1 N–H and O–H groups in total. The average molecular weight is 468 g/mol. The number of ether oxygens (including phenoxy) is 2. The molecule has 2 aromatic carbocycles. The molecule has 1 aromatic heterocycles. The Morgan fingerprint density at radius 1 is 1.00 bits per heavy atom. The quantitative estimate of drug-likeness (QED) is 0.511. The third kappa shape index (κ3) is 4.41. The van der Waals surface area contributed by atoms with Crippen LogP contribution in [0.5, 0.6) is 5.75 Å². The Morgan fingerprint density at radius 2 is 1.70 bits per heavy atom. The minimum absolute atomic E-state index is 0.0155. The number of para-hydroxylation sites is 1. The van der Waals surface area contributed by atoms with Crippen molar-refractivity contribution >= 4 is 27.4 Å². The lowest BCUT2D eigenvalue weighted by Gasteiger charge is -2.41. The number of nitrogens with one attached hydrogen (secondary N) is 1. The Labute approximate surface area is 192 Å². The maximum absolute atomic E-state index is 12.3. The van der Waals surface area contributed by atoms with E-state index >= 15 is 0 Å². The number of methoxy groups -OCH3 is 1. The Hall–Kier alpha value is -3.46. The Kier molecular flexibility index (Phi) is 5.49. The normalized spacial score (nSPS) is 16.2. The van der Waals surface area contributed by atoms with Crippen molar-refractivity contribution in [2.24, 2.45) is 0 Å². The third-order valence-corrected chi connectivity index (χ3v) is 7.72. The number of hydrogen-bond acceptors (Lipinski definition) is 6. The maximum Gasteiger partial charge on any atom is 0.340 e. The molecule has 33 heavy (non-hydrogen) atoms. The fraction of sp³-hybridized carbons (Fsp3) is 0.292. The topological polar surface area (TPSA) is 89.9 Å². The van der Waals surface area contributed by atoms with Gasteiger partial charge in [-0.2, -0.15) is 0 Å². The number of sulfonamides is 1. The van der Waals surface area contributed by atoms with E-state index in [1.807, 2.05) is 41.2 Å². The highest BCUT2D eigenvalue weighted by Gasteiger charge is 2.36. The largest absolute Gasteiger partial charge is 0.487 e. The Bertz CT molecular complexity index is 1250. The summed E-state index contributed by atoms with van der Waals surface area (Å²) in [5.41, 5.74) is 2.75. The van der Waals surface area contributed by atoms with Gasteiger partial charge in [-0.1, -0.05) is 6.07 Å². The predicted molar refractivity (Wildman–Crippen MR) is 126 cm³/mol. The molecule has 0 spiro atoms. The van der Waals surface area contributed by atoms with Crippen LogP contribution >= 0.6 is 0 Å². The fourth-order valence-corrected chi connectivity index (χ4v) is 5.33. The summed E-state index contributed by atoms with van der Waals surface area (Å²) in [5, 5.41) is -0.261. The van der Waals surface area contributed by atoms with Crippen molar-refractivity contribution in [2.45, 2.75) is 24.2 Å². The molecule has 5 rings (SSSR count). The first-order chi connectivity index (χ1) is 15.9. The average Bonchev–Trinajstić information content (AvgIpc) is 3.52. The van der Waals surface area contributed by atoms with Crippen LogP contribution in [-0.4, -0.2) is 50.5 Å². The summed E-state index contributed by atoms with van der Waals surface area (Å²) in [5.74, 6) is 0.300. The predicted octanol–water partition coefficient (Wildman–Crippen LogP) is 3.44. The van der Waals surface area contributed by atoms with E-state index in [1.165, 1.54) is 7.11 Å². The highest BCUT2D eigenvalue weighted by atomic mass is 32.2. The molecule has 2 fully saturated rings. The number of benzene rings is 2.